The zero-order valence-corrected chi connectivity index (χ0v) is 10.4. The van der Waals surface area contributed by atoms with Crippen LogP contribution in [0.2, 0.25) is 0 Å². The molecule has 0 atom stereocenters. The van der Waals surface area contributed by atoms with Crippen molar-refractivity contribution in [3.05, 3.63) is 24.0 Å². The monoisotopic (exact) mass is 223 g/mol. The van der Waals surface area contributed by atoms with Crippen LogP contribution in [0.1, 0.15) is 18.4 Å². The fourth-order valence-corrected chi connectivity index (χ4v) is 1.57. The Kier molecular flexibility index (Phi) is 5.05. The van der Waals surface area contributed by atoms with Gasteiger partial charge in [-0.05, 0) is 25.1 Å². The summed E-state index contributed by atoms with van der Waals surface area (Å²) in [6, 6.07) is 2.10. The van der Waals surface area contributed by atoms with Crippen molar-refractivity contribution in [2.45, 2.75) is 25.9 Å². The molecule has 0 fully saturated rings. The minimum Gasteiger partial charge on any atom is -0.354 e. The number of rotatable bonds is 6. The standard InChI is InChI=1S/C12H21N3O/c1-13-9-11-6-8-15(10-11)7-4-5-12(16)14(2)3/h6,8,10,13H,4-5,7,9H2,1-3H3. The van der Waals surface area contributed by atoms with Gasteiger partial charge in [0.25, 0.3) is 0 Å². The van der Waals surface area contributed by atoms with Crippen LogP contribution in [0.5, 0.6) is 0 Å². The molecule has 1 rings (SSSR count). The van der Waals surface area contributed by atoms with E-state index < -0.39 is 0 Å². The molecule has 1 heterocycles. The van der Waals surface area contributed by atoms with Gasteiger partial charge >= 0.3 is 0 Å². The first-order chi connectivity index (χ1) is 7.63. The van der Waals surface area contributed by atoms with Crippen molar-refractivity contribution in [2.75, 3.05) is 21.1 Å². The van der Waals surface area contributed by atoms with E-state index in [1.807, 2.05) is 7.05 Å². The Morgan fingerprint density at radius 3 is 2.88 bits per heavy atom. The summed E-state index contributed by atoms with van der Waals surface area (Å²) in [6.07, 6.45) is 5.70. The predicted molar refractivity (Wildman–Crippen MR) is 65.1 cm³/mol. The lowest BCUT2D eigenvalue weighted by molar-refractivity contribution is -0.128. The topological polar surface area (TPSA) is 37.3 Å². The van der Waals surface area contributed by atoms with E-state index in [2.05, 4.69) is 28.3 Å². The number of carbonyl (C=O) groups is 1. The van der Waals surface area contributed by atoms with Gasteiger partial charge in [-0.2, -0.15) is 0 Å². The molecule has 16 heavy (non-hydrogen) atoms. The molecule has 1 amide bonds. The van der Waals surface area contributed by atoms with Crippen LogP contribution in [0.25, 0.3) is 0 Å². The molecule has 0 aromatic carbocycles. The lowest BCUT2D eigenvalue weighted by atomic mass is 10.3. The number of nitrogens with zero attached hydrogens (tertiary/aromatic N) is 2. The van der Waals surface area contributed by atoms with Crippen molar-refractivity contribution in [1.29, 1.82) is 0 Å². The van der Waals surface area contributed by atoms with Gasteiger partial charge in [0.2, 0.25) is 5.91 Å². The van der Waals surface area contributed by atoms with Crippen molar-refractivity contribution in [3.8, 4) is 0 Å². The number of aromatic nitrogens is 1. The van der Waals surface area contributed by atoms with Crippen LogP contribution in [-0.4, -0.2) is 36.5 Å². The quantitative estimate of drug-likeness (QED) is 0.783. The molecule has 0 saturated heterocycles. The molecule has 0 radical (unpaired) electrons. The Balaban J connectivity index is 2.29. The lowest BCUT2D eigenvalue weighted by Crippen LogP contribution is -2.21. The third kappa shape index (κ3) is 4.06. The highest BCUT2D eigenvalue weighted by molar-refractivity contribution is 5.75. The molecule has 0 aliphatic carbocycles. The van der Waals surface area contributed by atoms with Gasteiger partial charge in [-0.1, -0.05) is 0 Å². The third-order valence-corrected chi connectivity index (χ3v) is 2.50. The molecule has 1 aromatic heterocycles. The molecular weight excluding hydrogens is 202 g/mol. The molecule has 90 valence electrons. The highest BCUT2D eigenvalue weighted by atomic mass is 16.2. The van der Waals surface area contributed by atoms with Crippen LogP contribution < -0.4 is 5.32 Å². The van der Waals surface area contributed by atoms with Crippen LogP contribution >= 0.6 is 0 Å². The number of aryl methyl sites for hydroxylation is 1. The first-order valence-electron chi connectivity index (χ1n) is 5.63. The van der Waals surface area contributed by atoms with E-state index in [1.165, 1.54) is 5.56 Å². The molecular formula is C12H21N3O. The van der Waals surface area contributed by atoms with Crippen molar-refractivity contribution in [1.82, 2.24) is 14.8 Å². The summed E-state index contributed by atoms with van der Waals surface area (Å²) < 4.78 is 2.13. The summed E-state index contributed by atoms with van der Waals surface area (Å²) in [5, 5.41) is 3.11. The van der Waals surface area contributed by atoms with Gasteiger partial charge in [0.1, 0.15) is 0 Å². The Labute approximate surface area is 97.2 Å². The van der Waals surface area contributed by atoms with E-state index in [0.717, 1.165) is 19.5 Å². The van der Waals surface area contributed by atoms with E-state index in [0.29, 0.717) is 6.42 Å². The van der Waals surface area contributed by atoms with E-state index in [4.69, 9.17) is 0 Å². The average molecular weight is 223 g/mol. The summed E-state index contributed by atoms with van der Waals surface area (Å²) in [5.41, 5.74) is 1.28. The molecule has 1 N–H and O–H groups in total. The van der Waals surface area contributed by atoms with Crippen molar-refractivity contribution in [2.24, 2.45) is 0 Å². The van der Waals surface area contributed by atoms with Crippen molar-refractivity contribution < 1.29 is 4.79 Å². The van der Waals surface area contributed by atoms with Gasteiger partial charge in [0, 0.05) is 46.0 Å². The molecule has 0 bridgehead atoms. The van der Waals surface area contributed by atoms with E-state index in [9.17, 15) is 4.79 Å². The van der Waals surface area contributed by atoms with Gasteiger partial charge in [0.15, 0.2) is 0 Å². The fourth-order valence-electron chi connectivity index (χ4n) is 1.57. The second-order valence-electron chi connectivity index (χ2n) is 4.18. The Morgan fingerprint density at radius 2 is 2.25 bits per heavy atom. The summed E-state index contributed by atoms with van der Waals surface area (Å²) in [5.74, 6) is 0.197. The highest BCUT2D eigenvalue weighted by Gasteiger charge is 2.03. The summed E-state index contributed by atoms with van der Waals surface area (Å²) in [4.78, 5) is 13.0. The van der Waals surface area contributed by atoms with Gasteiger partial charge in [-0.15, -0.1) is 0 Å². The van der Waals surface area contributed by atoms with Crippen LogP contribution in [0.15, 0.2) is 18.5 Å². The third-order valence-electron chi connectivity index (χ3n) is 2.50. The van der Waals surface area contributed by atoms with E-state index in [1.54, 1.807) is 19.0 Å². The lowest BCUT2D eigenvalue weighted by Gasteiger charge is -2.09. The summed E-state index contributed by atoms with van der Waals surface area (Å²) >= 11 is 0. The zero-order valence-electron chi connectivity index (χ0n) is 10.4. The molecule has 0 aliphatic rings. The number of nitrogens with one attached hydrogen (secondary N) is 1. The first-order valence-corrected chi connectivity index (χ1v) is 5.63. The molecule has 1 aromatic rings. The SMILES string of the molecule is CNCc1ccn(CCCC(=O)N(C)C)c1. The largest absolute Gasteiger partial charge is 0.354 e. The van der Waals surface area contributed by atoms with Crippen LogP contribution in [-0.2, 0) is 17.9 Å². The number of hydrogen-bond donors (Lipinski definition) is 1. The van der Waals surface area contributed by atoms with E-state index >= 15 is 0 Å². The normalized spacial score (nSPS) is 10.4. The average Bonchev–Trinajstić information content (AvgIpc) is 2.66. The van der Waals surface area contributed by atoms with Gasteiger partial charge in [-0.3, -0.25) is 4.79 Å². The van der Waals surface area contributed by atoms with E-state index in [-0.39, 0.29) is 5.91 Å². The Morgan fingerprint density at radius 1 is 1.50 bits per heavy atom. The van der Waals surface area contributed by atoms with Crippen LogP contribution in [0.4, 0.5) is 0 Å². The molecule has 0 saturated carbocycles. The Hall–Kier alpha value is -1.29. The maximum Gasteiger partial charge on any atom is 0.222 e. The molecule has 0 spiro atoms. The summed E-state index contributed by atoms with van der Waals surface area (Å²) in [7, 11) is 5.53. The number of hydrogen-bond acceptors (Lipinski definition) is 2. The smallest absolute Gasteiger partial charge is 0.222 e. The highest BCUT2D eigenvalue weighted by Crippen LogP contribution is 2.03. The predicted octanol–water partition coefficient (Wildman–Crippen LogP) is 1.08. The van der Waals surface area contributed by atoms with Crippen LogP contribution in [0, 0.1) is 0 Å². The minimum absolute atomic E-state index is 0.197. The Bertz CT molecular complexity index is 331. The number of carbonyl (C=O) groups excluding carboxylic acids is 1. The molecule has 4 nitrogen and oxygen atoms in total. The maximum atomic E-state index is 11.3. The van der Waals surface area contributed by atoms with Gasteiger partial charge in [0.05, 0.1) is 0 Å². The first kappa shape index (κ1) is 12.8. The van der Waals surface area contributed by atoms with Gasteiger partial charge < -0.3 is 14.8 Å². The number of amides is 1. The fraction of sp³-hybridized carbons (Fsp3) is 0.583. The zero-order chi connectivity index (χ0) is 12.0. The van der Waals surface area contributed by atoms with Crippen molar-refractivity contribution in [3.63, 3.8) is 0 Å². The summed E-state index contributed by atoms with van der Waals surface area (Å²) in [6.45, 7) is 1.80. The second kappa shape index (κ2) is 6.33. The second-order valence-corrected chi connectivity index (χ2v) is 4.18. The van der Waals surface area contributed by atoms with Crippen molar-refractivity contribution >= 4 is 5.91 Å². The molecule has 4 heteroatoms. The maximum absolute atomic E-state index is 11.3. The molecule has 0 unspecified atom stereocenters. The molecule has 0 aliphatic heterocycles. The van der Waals surface area contributed by atoms with Gasteiger partial charge in [-0.25, -0.2) is 0 Å². The minimum atomic E-state index is 0.197. The van der Waals surface area contributed by atoms with Crippen LogP contribution in [0.3, 0.4) is 0 Å².